The number of nitrogens with zero attached hydrogens (tertiary/aromatic N) is 4. The molecule has 3 heterocycles. The molecule has 5 atom stereocenters. The number of benzene rings is 1. The zero-order chi connectivity index (χ0) is 28.1. The van der Waals surface area contributed by atoms with Crippen LogP contribution in [-0.2, 0) is 19.1 Å². The standard InChI is InChI=1S/C27H31N7O6/c1-2-28-27(38)33-25-22-26(31-14-30-25)34(15-32-22)18-12-17(13-29-19(35)9-10-20(36)37)23-24(18)40-21(39-23)11-8-16-6-4-3-5-7-16/h3-8,11,14-15,17-18,21,23-24H,2,9-10,12-13H2,1H3,(H,29,35)(H,36,37)(H2,28,30,31,33,38)/b11-8+/t17?,18?,21-,23?,24?/m0/s1. The summed E-state index contributed by atoms with van der Waals surface area (Å²) in [6, 6.07) is 9.19. The summed E-state index contributed by atoms with van der Waals surface area (Å²) in [4.78, 5) is 48.3. The van der Waals surface area contributed by atoms with Crippen LogP contribution in [0.2, 0.25) is 0 Å². The minimum absolute atomic E-state index is 0.0934. The molecule has 1 aliphatic carbocycles. The van der Waals surface area contributed by atoms with Gasteiger partial charge in [-0.15, -0.1) is 0 Å². The van der Waals surface area contributed by atoms with Gasteiger partial charge in [0.1, 0.15) is 12.4 Å². The number of ether oxygens (including phenoxy) is 2. The largest absolute Gasteiger partial charge is 0.481 e. The Balaban J connectivity index is 1.37. The van der Waals surface area contributed by atoms with Gasteiger partial charge in [0.15, 0.2) is 23.3 Å². The molecule has 3 aromatic rings. The van der Waals surface area contributed by atoms with Gasteiger partial charge < -0.3 is 29.8 Å². The van der Waals surface area contributed by atoms with E-state index in [9.17, 15) is 14.4 Å². The molecule has 2 aromatic heterocycles. The predicted molar refractivity (Wildman–Crippen MR) is 144 cm³/mol. The number of hydrogen-bond acceptors (Lipinski definition) is 8. The summed E-state index contributed by atoms with van der Waals surface area (Å²) in [5.41, 5.74) is 1.98. The van der Waals surface area contributed by atoms with Gasteiger partial charge >= 0.3 is 12.0 Å². The fraction of sp³-hybridized carbons (Fsp3) is 0.407. The molecule has 13 heteroatoms. The van der Waals surface area contributed by atoms with Gasteiger partial charge in [0.2, 0.25) is 5.91 Å². The third kappa shape index (κ3) is 6.10. The molecule has 210 valence electrons. The first-order valence-electron chi connectivity index (χ1n) is 13.2. The van der Waals surface area contributed by atoms with Crippen LogP contribution in [0, 0.1) is 5.92 Å². The number of amides is 3. The average Bonchev–Trinajstić information content (AvgIpc) is 3.64. The van der Waals surface area contributed by atoms with E-state index in [1.807, 2.05) is 54.0 Å². The molecule has 3 amide bonds. The summed E-state index contributed by atoms with van der Waals surface area (Å²) in [5.74, 6) is -1.17. The SMILES string of the molecule is CCNC(=O)Nc1ncnc2c1ncn2C1CC(CNC(=O)CCC(=O)O)C2O[C@H](/C=C/c3ccccc3)OC21. The highest BCUT2D eigenvalue weighted by molar-refractivity contribution is 5.95. The number of urea groups is 1. The zero-order valence-electron chi connectivity index (χ0n) is 21.9. The first kappa shape index (κ1) is 27.2. The minimum Gasteiger partial charge on any atom is -0.481 e. The van der Waals surface area contributed by atoms with E-state index in [-0.39, 0.29) is 42.9 Å². The van der Waals surface area contributed by atoms with Crippen LogP contribution < -0.4 is 16.0 Å². The Morgan fingerprint density at radius 1 is 1.07 bits per heavy atom. The second-order valence-electron chi connectivity index (χ2n) is 9.63. The Hall–Kier alpha value is -4.36. The molecule has 0 spiro atoms. The van der Waals surface area contributed by atoms with Crippen molar-refractivity contribution in [2.24, 2.45) is 5.92 Å². The van der Waals surface area contributed by atoms with Gasteiger partial charge in [0.05, 0.1) is 24.9 Å². The molecule has 1 aromatic carbocycles. The van der Waals surface area contributed by atoms with Crippen LogP contribution in [0.25, 0.3) is 17.2 Å². The molecule has 1 saturated carbocycles. The highest BCUT2D eigenvalue weighted by atomic mass is 16.7. The lowest BCUT2D eigenvalue weighted by Gasteiger charge is -2.19. The van der Waals surface area contributed by atoms with E-state index in [4.69, 9.17) is 14.6 Å². The van der Waals surface area contributed by atoms with E-state index in [1.165, 1.54) is 6.33 Å². The van der Waals surface area contributed by atoms with E-state index in [0.29, 0.717) is 36.5 Å². The minimum atomic E-state index is -1.02. The van der Waals surface area contributed by atoms with Crippen molar-refractivity contribution in [3.05, 3.63) is 54.6 Å². The van der Waals surface area contributed by atoms with Gasteiger partial charge in [-0.05, 0) is 25.0 Å². The Labute approximate surface area is 230 Å². The lowest BCUT2D eigenvalue weighted by Crippen LogP contribution is -2.35. The molecule has 0 radical (unpaired) electrons. The molecule has 4 N–H and O–H groups in total. The van der Waals surface area contributed by atoms with Crippen LogP contribution >= 0.6 is 0 Å². The van der Waals surface area contributed by atoms with Gasteiger partial charge in [-0.25, -0.2) is 19.7 Å². The third-order valence-corrected chi connectivity index (χ3v) is 6.95. The van der Waals surface area contributed by atoms with Crippen molar-refractivity contribution in [2.75, 3.05) is 18.4 Å². The van der Waals surface area contributed by atoms with Crippen molar-refractivity contribution in [3.8, 4) is 0 Å². The zero-order valence-corrected chi connectivity index (χ0v) is 21.9. The van der Waals surface area contributed by atoms with E-state index in [1.54, 1.807) is 6.33 Å². The topological polar surface area (TPSA) is 170 Å². The van der Waals surface area contributed by atoms with E-state index < -0.39 is 18.3 Å². The van der Waals surface area contributed by atoms with Crippen LogP contribution in [0.4, 0.5) is 10.6 Å². The second kappa shape index (κ2) is 12.2. The molecule has 13 nitrogen and oxygen atoms in total. The van der Waals surface area contributed by atoms with Gasteiger partial charge in [0.25, 0.3) is 0 Å². The molecule has 40 heavy (non-hydrogen) atoms. The van der Waals surface area contributed by atoms with Gasteiger partial charge in [-0.1, -0.05) is 36.4 Å². The lowest BCUT2D eigenvalue weighted by molar-refractivity contribution is -0.138. The number of nitrogens with one attached hydrogen (secondary N) is 3. The second-order valence-corrected chi connectivity index (χ2v) is 9.63. The predicted octanol–water partition coefficient (Wildman–Crippen LogP) is 2.33. The van der Waals surface area contributed by atoms with Crippen molar-refractivity contribution in [3.63, 3.8) is 0 Å². The summed E-state index contributed by atoms with van der Waals surface area (Å²) in [7, 11) is 0. The number of aromatic nitrogens is 4. The first-order valence-corrected chi connectivity index (χ1v) is 13.2. The number of fused-ring (bicyclic) bond motifs is 2. The number of hydrogen-bond donors (Lipinski definition) is 4. The monoisotopic (exact) mass is 549 g/mol. The van der Waals surface area contributed by atoms with Crippen molar-refractivity contribution in [1.82, 2.24) is 30.2 Å². The Bertz CT molecular complexity index is 1390. The summed E-state index contributed by atoms with van der Waals surface area (Å²) in [6.45, 7) is 2.59. The van der Waals surface area contributed by atoms with Crippen LogP contribution in [0.5, 0.6) is 0 Å². The van der Waals surface area contributed by atoms with Crippen LogP contribution in [-0.4, -0.2) is 74.1 Å². The lowest BCUT2D eigenvalue weighted by atomic mass is 10.1. The van der Waals surface area contributed by atoms with E-state index in [2.05, 4.69) is 30.9 Å². The molecular formula is C27H31N7O6. The molecule has 5 rings (SSSR count). The Morgan fingerprint density at radius 2 is 1.88 bits per heavy atom. The summed E-state index contributed by atoms with van der Waals surface area (Å²) < 4.78 is 14.6. The molecule has 0 bridgehead atoms. The highest BCUT2D eigenvalue weighted by Crippen LogP contribution is 2.45. The number of carboxylic acids is 1. The van der Waals surface area contributed by atoms with Crippen molar-refractivity contribution in [1.29, 1.82) is 0 Å². The van der Waals surface area contributed by atoms with Crippen molar-refractivity contribution >= 4 is 41.0 Å². The molecule has 1 saturated heterocycles. The third-order valence-electron chi connectivity index (χ3n) is 6.95. The average molecular weight is 550 g/mol. The molecular weight excluding hydrogens is 518 g/mol. The fourth-order valence-electron chi connectivity index (χ4n) is 5.13. The normalized spacial score (nSPS) is 23.8. The van der Waals surface area contributed by atoms with Crippen molar-refractivity contribution < 1.29 is 29.0 Å². The number of anilines is 1. The van der Waals surface area contributed by atoms with Gasteiger partial charge in [-0.3, -0.25) is 14.9 Å². The summed E-state index contributed by atoms with van der Waals surface area (Å²) in [6.07, 6.45) is 5.79. The first-order chi connectivity index (χ1) is 19.4. The van der Waals surface area contributed by atoms with E-state index in [0.717, 1.165) is 5.56 Å². The van der Waals surface area contributed by atoms with E-state index >= 15 is 0 Å². The van der Waals surface area contributed by atoms with Gasteiger partial charge in [-0.2, -0.15) is 0 Å². The van der Waals surface area contributed by atoms with Crippen molar-refractivity contribution in [2.45, 2.75) is 50.7 Å². The fourth-order valence-corrected chi connectivity index (χ4v) is 5.13. The molecule has 1 aliphatic heterocycles. The number of carbonyl (C=O) groups is 3. The number of rotatable bonds is 10. The smallest absolute Gasteiger partial charge is 0.320 e. The number of aliphatic carboxylic acids is 1. The van der Waals surface area contributed by atoms with Crippen LogP contribution in [0.15, 0.2) is 49.1 Å². The summed E-state index contributed by atoms with van der Waals surface area (Å²) in [5, 5.41) is 17.1. The summed E-state index contributed by atoms with van der Waals surface area (Å²) >= 11 is 0. The Kier molecular flexibility index (Phi) is 8.31. The molecule has 4 unspecified atom stereocenters. The van der Waals surface area contributed by atoms with Crippen LogP contribution in [0.3, 0.4) is 0 Å². The number of carbonyl (C=O) groups excluding carboxylic acids is 2. The van der Waals surface area contributed by atoms with Crippen LogP contribution in [0.1, 0.15) is 37.8 Å². The molecule has 2 fully saturated rings. The maximum absolute atomic E-state index is 12.2. The number of imidazole rings is 1. The Morgan fingerprint density at radius 3 is 2.65 bits per heavy atom. The highest BCUT2D eigenvalue weighted by Gasteiger charge is 2.52. The maximum atomic E-state index is 12.2. The molecule has 2 aliphatic rings. The van der Waals surface area contributed by atoms with Gasteiger partial charge in [0, 0.05) is 25.4 Å². The number of carboxylic acid groups (broad SMARTS) is 1. The quantitative estimate of drug-likeness (QED) is 0.296. The maximum Gasteiger partial charge on any atom is 0.320 e.